The van der Waals surface area contributed by atoms with Crippen LogP contribution in [0.5, 0.6) is 0 Å². The highest BCUT2D eigenvalue weighted by molar-refractivity contribution is 7.89. The molecule has 8 heteroatoms. The van der Waals surface area contributed by atoms with E-state index >= 15 is 0 Å². The first-order valence-corrected chi connectivity index (χ1v) is 6.27. The summed E-state index contributed by atoms with van der Waals surface area (Å²) in [5.41, 5.74) is 0. The molecule has 1 aliphatic heterocycles. The van der Waals surface area contributed by atoms with E-state index in [0.717, 1.165) is 4.31 Å². The van der Waals surface area contributed by atoms with Gasteiger partial charge < -0.3 is 14.6 Å². The number of methoxy groups -OCH3 is 2. The Bertz CT molecular complexity index is 342. The van der Waals surface area contributed by atoms with Crippen LogP contribution in [0.15, 0.2) is 0 Å². The maximum absolute atomic E-state index is 11.6. The molecule has 0 spiro atoms. The Morgan fingerprint density at radius 2 is 1.75 bits per heavy atom. The third-order valence-corrected chi connectivity index (χ3v) is 4.18. The fourth-order valence-corrected chi connectivity index (χ4v) is 2.88. The summed E-state index contributed by atoms with van der Waals surface area (Å²) in [6, 6.07) is 0. The number of rotatable bonds is 5. The van der Waals surface area contributed by atoms with Gasteiger partial charge in [-0.3, -0.25) is 4.79 Å². The molecular weight excluding hydrogens is 238 g/mol. The third-order valence-electron chi connectivity index (χ3n) is 2.49. The minimum Gasteiger partial charge on any atom is -0.480 e. The molecule has 1 fully saturated rings. The van der Waals surface area contributed by atoms with Crippen molar-refractivity contribution in [3.63, 3.8) is 0 Å². The molecule has 2 unspecified atom stereocenters. The van der Waals surface area contributed by atoms with Gasteiger partial charge >= 0.3 is 5.97 Å². The lowest BCUT2D eigenvalue weighted by atomic mass is 10.3. The number of nitrogens with zero attached hydrogens (tertiary/aromatic N) is 1. The number of carboxylic acid groups (broad SMARTS) is 1. The summed E-state index contributed by atoms with van der Waals surface area (Å²) < 4.78 is 34.4. The molecule has 1 heterocycles. The van der Waals surface area contributed by atoms with Crippen LogP contribution in [0, 0.1) is 0 Å². The van der Waals surface area contributed by atoms with Crippen molar-refractivity contribution in [1.82, 2.24) is 4.31 Å². The third kappa shape index (κ3) is 2.91. The predicted octanol–water partition coefficient (Wildman–Crippen LogP) is -1.25. The van der Waals surface area contributed by atoms with Gasteiger partial charge in [0.1, 0.15) is 0 Å². The largest absolute Gasteiger partial charge is 0.480 e. The SMILES string of the molecule is COC1CN(S(=O)(=O)CC(=O)O)CC1OC. The minimum absolute atomic E-state index is 0.130. The Balaban J connectivity index is 2.74. The first-order chi connectivity index (χ1) is 7.40. The first kappa shape index (κ1) is 13.4. The molecule has 1 rings (SSSR count). The number of sulfonamides is 1. The van der Waals surface area contributed by atoms with E-state index in [-0.39, 0.29) is 25.3 Å². The number of carboxylic acids is 1. The van der Waals surface area contributed by atoms with Crippen LogP contribution in [0.1, 0.15) is 0 Å². The van der Waals surface area contributed by atoms with Gasteiger partial charge in [0.25, 0.3) is 0 Å². The number of aliphatic carboxylic acids is 1. The van der Waals surface area contributed by atoms with Crippen molar-refractivity contribution in [2.45, 2.75) is 12.2 Å². The second-order valence-corrected chi connectivity index (χ2v) is 5.48. The molecule has 2 atom stereocenters. The second-order valence-electron chi connectivity index (χ2n) is 3.52. The molecule has 16 heavy (non-hydrogen) atoms. The monoisotopic (exact) mass is 253 g/mol. The number of carbonyl (C=O) groups is 1. The lowest BCUT2D eigenvalue weighted by Crippen LogP contribution is -2.34. The molecule has 0 aromatic carbocycles. The van der Waals surface area contributed by atoms with Gasteiger partial charge in [-0.05, 0) is 0 Å². The van der Waals surface area contributed by atoms with Crippen molar-refractivity contribution < 1.29 is 27.8 Å². The molecule has 0 aromatic rings. The van der Waals surface area contributed by atoms with Gasteiger partial charge in [-0.15, -0.1) is 0 Å². The van der Waals surface area contributed by atoms with Gasteiger partial charge in [0, 0.05) is 27.3 Å². The summed E-state index contributed by atoms with van der Waals surface area (Å²) in [6.45, 7) is 0.259. The Labute approximate surface area is 94.0 Å². The summed E-state index contributed by atoms with van der Waals surface area (Å²) >= 11 is 0. The second kappa shape index (κ2) is 5.09. The lowest BCUT2D eigenvalue weighted by Gasteiger charge is -2.13. The van der Waals surface area contributed by atoms with E-state index in [1.54, 1.807) is 0 Å². The van der Waals surface area contributed by atoms with E-state index in [2.05, 4.69) is 0 Å². The topological polar surface area (TPSA) is 93.1 Å². The average Bonchev–Trinajstić information content (AvgIpc) is 2.59. The van der Waals surface area contributed by atoms with Crippen LogP contribution in [0.4, 0.5) is 0 Å². The summed E-state index contributed by atoms with van der Waals surface area (Å²) in [4.78, 5) is 10.4. The van der Waals surface area contributed by atoms with Crippen molar-refractivity contribution in [2.24, 2.45) is 0 Å². The first-order valence-electron chi connectivity index (χ1n) is 4.66. The molecule has 0 aromatic heterocycles. The number of hydrogen-bond acceptors (Lipinski definition) is 5. The fourth-order valence-electron chi connectivity index (χ4n) is 1.64. The van der Waals surface area contributed by atoms with Crippen LogP contribution >= 0.6 is 0 Å². The Morgan fingerprint density at radius 1 is 1.31 bits per heavy atom. The molecule has 1 saturated heterocycles. The van der Waals surface area contributed by atoms with E-state index in [1.807, 2.05) is 0 Å². The zero-order valence-electron chi connectivity index (χ0n) is 9.12. The normalized spacial score (nSPS) is 27.1. The maximum atomic E-state index is 11.6. The molecule has 0 radical (unpaired) electrons. The zero-order valence-corrected chi connectivity index (χ0v) is 9.94. The van der Waals surface area contributed by atoms with Gasteiger partial charge in [-0.25, -0.2) is 8.42 Å². The van der Waals surface area contributed by atoms with E-state index in [9.17, 15) is 13.2 Å². The van der Waals surface area contributed by atoms with Crippen LogP contribution in [0.25, 0.3) is 0 Å². The van der Waals surface area contributed by atoms with Crippen LogP contribution in [-0.2, 0) is 24.3 Å². The molecule has 1 N–H and O–H groups in total. The molecule has 0 amide bonds. The summed E-state index contributed by atoms with van der Waals surface area (Å²) in [6.07, 6.45) is -0.706. The number of hydrogen-bond donors (Lipinski definition) is 1. The predicted molar refractivity (Wildman–Crippen MR) is 54.6 cm³/mol. The van der Waals surface area contributed by atoms with E-state index in [1.165, 1.54) is 14.2 Å². The molecule has 0 saturated carbocycles. The van der Waals surface area contributed by atoms with Crippen molar-refractivity contribution in [1.29, 1.82) is 0 Å². The van der Waals surface area contributed by atoms with Crippen LogP contribution < -0.4 is 0 Å². The summed E-state index contributed by atoms with van der Waals surface area (Å²) in [7, 11) is -0.847. The smallest absolute Gasteiger partial charge is 0.320 e. The zero-order chi connectivity index (χ0) is 12.3. The van der Waals surface area contributed by atoms with E-state index in [4.69, 9.17) is 14.6 Å². The van der Waals surface area contributed by atoms with Gasteiger partial charge in [-0.2, -0.15) is 4.31 Å². The molecule has 7 nitrogen and oxygen atoms in total. The number of ether oxygens (including phenoxy) is 2. The van der Waals surface area contributed by atoms with Crippen molar-refractivity contribution in [3.8, 4) is 0 Å². The highest BCUT2D eigenvalue weighted by Crippen LogP contribution is 2.19. The van der Waals surface area contributed by atoms with Crippen LogP contribution in [0.2, 0.25) is 0 Å². The maximum Gasteiger partial charge on any atom is 0.320 e. The standard InChI is InChI=1S/C8H15NO6S/c1-14-6-3-9(4-7(6)15-2)16(12,13)5-8(10)11/h6-7H,3-5H2,1-2H3,(H,10,11). The van der Waals surface area contributed by atoms with Crippen molar-refractivity contribution in [2.75, 3.05) is 33.1 Å². The lowest BCUT2D eigenvalue weighted by molar-refractivity contribution is -0.134. The van der Waals surface area contributed by atoms with Crippen molar-refractivity contribution in [3.05, 3.63) is 0 Å². The highest BCUT2D eigenvalue weighted by Gasteiger charge is 2.39. The molecular formula is C8H15NO6S. The quantitative estimate of drug-likeness (QED) is 0.658. The van der Waals surface area contributed by atoms with Gasteiger partial charge in [0.2, 0.25) is 10.0 Å². The fraction of sp³-hybridized carbons (Fsp3) is 0.875. The molecule has 0 aliphatic carbocycles. The average molecular weight is 253 g/mol. The summed E-state index contributed by atoms with van der Waals surface area (Å²) in [5.74, 6) is -2.27. The molecule has 94 valence electrons. The Kier molecular flexibility index (Phi) is 4.25. The Morgan fingerprint density at radius 3 is 2.06 bits per heavy atom. The minimum atomic E-state index is -3.77. The highest BCUT2D eigenvalue weighted by atomic mass is 32.2. The van der Waals surface area contributed by atoms with Gasteiger partial charge in [0.05, 0.1) is 12.2 Å². The molecule has 0 bridgehead atoms. The van der Waals surface area contributed by atoms with E-state index in [0.29, 0.717) is 0 Å². The van der Waals surface area contributed by atoms with Gasteiger partial charge in [0.15, 0.2) is 5.75 Å². The van der Waals surface area contributed by atoms with Crippen LogP contribution in [0.3, 0.4) is 0 Å². The summed E-state index contributed by atoms with van der Waals surface area (Å²) in [5, 5.41) is 8.49. The van der Waals surface area contributed by atoms with Crippen LogP contribution in [-0.4, -0.2) is 69.1 Å². The molecule has 1 aliphatic rings. The van der Waals surface area contributed by atoms with Gasteiger partial charge in [-0.1, -0.05) is 0 Å². The Hall–Kier alpha value is -0.700. The van der Waals surface area contributed by atoms with Crippen molar-refractivity contribution >= 4 is 16.0 Å². The van der Waals surface area contributed by atoms with E-state index < -0.39 is 21.7 Å².